The van der Waals surface area contributed by atoms with Crippen LogP contribution >= 0.6 is 0 Å². The third kappa shape index (κ3) is 13.8. The zero-order valence-electron chi connectivity index (χ0n) is 22.2. The van der Waals surface area contributed by atoms with Crippen molar-refractivity contribution in [2.75, 3.05) is 6.61 Å². The van der Waals surface area contributed by atoms with Gasteiger partial charge in [-0.1, -0.05) is 123 Å². The second kappa shape index (κ2) is 20.5. The minimum Gasteiger partial charge on any atom is -0.462 e. The first-order chi connectivity index (χ1) is 16.6. The fraction of sp³-hybridized carbons (Fsp3) is 0.733. The summed E-state index contributed by atoms with van der Waals surface area (Å²) in [5.41, 5.74) is 0.608. The van der Waals surface area contributed by atoms with E-state index < -0.39 is 11.9 Å². The van der Waals surface area contributed by atoms with Crippen molar-refractivity contribution >= 4 is 11.9 Å². The molecule has 0 fully saturated rings. The number of rotatable bonds is 21. The van der Waals surface area contributed by atoms with E-state index in [1.54, 1.807) is 24.3 Å². The monoisotopic (exact) mass is 474 g/mol. The molecule has 0 aromatic heterocycles. The highest BCUT2D eigenvalue weighted by Crippen LogP contribution is 2.18. The van der Waals surface area contributed by atoms with Gasteiger partial charge in [-0.25, -0.2) is 9.59 Å². The molecule has 34 heavy (non-hydrogen) atoms. The van der Waals surface area contributed by atoms with E-state index in [4.69, 9.17) is 9.47 Å². The summed E-state index contributed by atoms with van der Waals surface area (Å²) >= 11 is 0. The Morgan fingerprint density at radius 1 is 0.618 bits per heavy atom. The lowest BCUT2D eigenvalue weighted by Gasteiger charge is -2.18. The average molecular weight is 475 g/mol. The molecule has 1 aromatic rings. The molecule has 1 rings (SSSR count). The molecule has 0 saturated carbocycles. The smallest absolute Gasteiger partial charge is 0.339 e. The predicted molar refractivity (Wildman–Crippen MR) is 141 cm³/mol. The van der Waals surface area contributed by atoms with E-state index in [1.807, 2.05) is 0 Å². The molecule has 1 unspecified atom stereocenters. The summed E-state index contributed by atoms with van der Waals surface area (Å²) < 4.78 is 11.2. The van der Waals surface area contributed by atoms with Crippen LogP contribution in [-0.4, -0.2) is 24.6 Å². The van der Waals surface area contributed by atoms with Gasteiger partial charge in [-0.3, -0.25) is 0 Å². The molecule has 0 aliphatic rings. The first-order valence-electron chi connectivity index (χ1n) is 14.1. The van der Waals surface area contributed by atoms with Crippen LogP contribution in [0.4, 0.5) is 0 Å². The number of carbonyl (C=O) groups is 2. The van der Waals surface area contributed by atoms with E-state index in [1.165, 1.54) is 64.2 Å². The molecule has 194 valence electrons. The van der Waals surface area contributed by atoms with Gasteiger partial charge in [-0.2, -0.15) is 0 Å². The van der Waals surface area contributed by atoms with Gasteiger partial charge in [0.25, 0.3) is 0 Å². The zero-order valence-corrected chi connectivity index (χ0v) is 22.2. The highest BCUT2D eigenvalue weighted by atomic mass is 16.5. The fourth-order valence-electron chi connectivity index (χ4n) is 4.26. The molecule has 0 amide bonds. The van der Waals surface area contributed by atoms with Crippen molar-refractivity contribution < 1.29 is 19.1 Å². The van der Waals surface area contributed by atoms with Crippen LogP contribution in [0, 0.1) is 0 Å². The first-order valence-corrected chi connectivity index (χ1v) is 14.1. The number of benzene rings is 1. The third-order valence-corrected chi connectivity index (χ3v) is 6.36. The summed E-state index contributed by atoms with van der Waals surface area (Å²) in [5.74, 6) is -0.858. The van der Waals surface area contributed by atoms with E-state index in [9.17, 15) is 9.59 Å². The standard InChI is InChI=1S/C30H50O4/c1-4-7-9-10-11-12-13-14-15-16-17-20-25-33-29(31)27-23-18-19-24-28(27)30(32)34-26(21-6-3)22-8-5-2/h18-19,23-24,26H,4-17,20-22,25H2,1-3H3. The Bertz CT molecular complexity index is 655. The topological polar surface area (TPSA) is 52.6 Å². The minimum atomic E-state index is -0.434. The van der Waals surface area contributed by atoms with Crippen molar-refractivity contribution in [1.82, 2.24) is 0 Å². The van der Waals surface area contributed by atoms with Gasteiger partial charge in [-0.15, -0.1) is 0 Å². The van der Waals surface area contributed by atoms with Crippen LogP contribution in [0.5, 0.6) is 0 Å². The SMILES string of the molecule is CCCCCCCCCCCCCCOC(=O)c1ccccc1C(=O)OC(CCC)CCCC. The van der Waals surface area contributed by atoms with Crippen molar-refractivity contribution in [3.63, 3.8) is 0 Å². The summed E-state index contributed by atoms with van der Waals surface area (Å²) in [7, 11) is 0. The Balaban J connectivity index is 2.30. The number of hydrogen-bond acceptors (Lipinski definition) is 4. The van der Waals surface area contributed by atoms with Crippen LogP contribution in [0.25, 0.3) is 0 Å². The van der Waals surface area contributed by atoms with Crippen LogP contribution in [0.3, 0.4) is 0 Å². The lowest BCUT2D eigenvalue weighted by molar-refractivity contribution is 0.0246. The number of esters is 2. The van der Waals surface area contributed by atoms with Crippen LogP contribution in [0.15, 0.2) is 24.3 Å². The molecule has 0 heterocycles. The Kier molecular flexibility index (Phi) is 18.2. The van der Waals surface area contributed by atoms with E-state index in [0.29, 0.717) is 17.7 Å². The lowest BCUT2D eigenvalue weighted by atomic mass is 10.1. The Hall–Kier alpha value is -1.84. The number of ether oxygens (including phenoxy) is 2. The fourth-order valence-corrected chi connectivity index (χ4v) is 4.26. The molecule has 4 heteroatoms. The molecule has 0 aliphatic carbocycles. The zero-order chi connectivity index (χ0) is 24.9. The van der Waals surface area contributed by atoms with E-state index >= 15 is 0 Å². The van der Waals surface area contributed by atoms with E-state index in [0.717, 1.165) is 44.9 Å². The predicted octanol–water partition coefficient (Wildman–Crippen LogP) is 9.06. The maximum Gasteiger partial charge on any atom is 0.339 e. The van der Waals surface area contributed by atoms with Gasteiger partial charge in [-0.05, 0) is 31.4 Å². The van der Waals surface area contributed by atoms with Gasteiger partial charge in [0.15, 0.2) is 0 Å². The van der Waals surface area contributed by atoms with Crippen LogP contribution in [0.1, 0.15) is 151 Å². The van der Waals surface area contributed by atoms with E-state index in [2.05, 4.69) is 20.8 Å². The third-order valence-electron chi connectivity index (χ3n) is 6.36. The number of carbonyl (C=O) groups excluding carboxylic acids is 2. The van der Waals surface area contributed by atoms with E-state index in [-0.39, 0.29) is 6.10 Å². The van der Waals surface area contributed by atoms with Gasteiger partial charge in [0.05, 0.1) is 17.7 Å². The second-order valence-electron chi connectivity index (χ2n) is 9.53. The molecule has 0 aliphatic heterocycles. The highest BCUT2D eigenvalue weighted by molar-refractivity contribution is 6.03. The highest BCUT2D eigenvalue weighted by Gasteiger charge is 2.21. The minimum absolute atomic E-state index is 0.0948. The Morgan fingerprint density at radius 3 is 1.65 bits per heavy atom. The summed E-state index contributed by atoms with van der Waals surface area (Å²) in [6.07, 6.45) is 19.9. The maximum absolute atomic E-state index is 12.8. The molecule has 1 atom stereocenters. The van der Waals surface area contributed by atoms with Crippen molar-refractivity contribution in [1.29, 1.82) is 0 Å². The molecule has 0 spiro atoms. The van der Waals surface area contributed by atoms with Gasteiger partial charge in [0.2, 0.25) is 0 Å². The molecule has 0 radical (unpaired) electrons. The van der Waals surface area contributed by atoms with Gasteiger partial charge in [0, 0.05) is 0 Å². The normalized spacial score (nSPS) is 11.9. The molecule has 4 nitrogen and oxygen atoms in total. The summed E-state index contributed by atoms with van der Waals surface area (Å²) in [5, 5.41) is 0. The first kappa shape index (κ1) is 30.2. The summed E-state index contributed by atoms with van der Waals surface area (Å²) in [6, 6.07) is 6.84. The largest absolute Gasteiger partial charge is 0.462 e. The molecule has 1 aromatic carbocycles. The van der Waals surface area contributed by atoms with Crippen molar-refractivity contribution in [2.24, 2.45) is 0 Å². The quantitative estimate of drug-likeness (QED) is 0.132. The number of unbranched alkanes of at least 4 members (excludes halogenated alkanes) is 12. The summed E-state index contributed by atoms with van der Waals surface area (Å²) in [4.78, 5) is 25.4. The molecular formula is C30H50O4. The molecule has 0 N–H and O–H groups in total. The molecular weight excluding hydrogens is 424 g/mol. The Morgan fingerprint density at radius 2 is 1.12 bits per heavy atom. The second-order valence-corrected chi connectivity index (χ2v) is 9.53. The van der Waals surface area contributed by atoms with Crippen LogP contribution in [0.2, 0.25) is 0 Å². The summed E-state index contributed by atoms with van der Waals surface area (Å²) in [6.45, 7) is 6.88. The van der Waals surface area contributed by atoms with Gasteiger partial charge >= 0.3 is 11.9 Å². The Labute approximate surface area is 209 Å². The van der Waals surface area contributed by atoms with Crippen molar-refractivity contribution in [3.8, 4) is 0 Å². The average Bonchev–Trinajstić information content (AvgIpc) is 2.85. The molecule has 0 bridgehead atoms. The van der Waals surface area contributed by atoms with Crippen molar-refractivity contribution in [3.05, 3.63) is 35.4 Å². The van der Waals surface area contributed by atoms with Crippen molar-refractivity contribution in [2.45, 2.75) is 136 Å². The molecule has 0 saturated heterocycles. The number of hydrogen-bond donors (Lipinski definition) is 0. The maximum atomic E-state index is 12.8. The van der Waals surface area contributed by atoms with Gasteiger partial charge in [0.1, 0.15) is 6.10 Å². The van der Waals surface area contributed by atoms with Crippen LogP contribution < -0.4 is 0 Å². The van der Waals surface area contributed by atoms with Gasteiger partial charge < -0.3 is 9.47 Å². The lowest BCUT2D eigenvalue weighted by Crippen LogP contribution is -2.21. The van der Waals surface area contributed by atoms with Crippen LogP contribution in [-0.2, 0) is 9.47 Å².